The van der Waals surface area contributed by atoms with E-state index >= 15 is 0 Å². The molecule has 5 nitrogen and oxygen atoms in total. The number of hydrogen-bond acceptors (Lipinski definition) is 5. The Balaban J connectivity index is 2.46. The van der Waals surface area contributed by atoms with E-state index in [0.717, 1.165) is 12.8 Å². The summed E-state index contributed by atoms with van der Waals surface area (Å²) in [6.45, 7) is 4.49. The van der Waals surface area contributed by atoms with Gasteiger partial charge in [0.05, 0.1) is 0 Å². The normalized spacial score (nSPS) is 12.3. The van der Waals surface area contributed by atoms with Crippen molar-refractivity contribution in [3.63, 3.8) is 0 Å². The van der Waals surface area contributed by atoms with Gasteiger partial charge in [-0.25, -0.2) is 4.98 Å². The van der Waals surface area contributed by atoms with Crippen molar-refractivity contribution in [3.8, 4) is 11.4 Å². The molecule has 0 fully saturated rings. The van der Waals surface area contributed by atoms with Gasteiger partial charge in [0.1, 0.15) is 0 Å². The van der Waals surface area contributed by atoms with E-state index in [-0.39, 0.29) is 17.6 Å². The van der Waals surface area contributed by atoms with Gasteiger partial charge in [-0.1, -0.05) is 71.9 Å². The summed E-state index contributed by atoms with van der Waals surface area (Å²) in [5, 5.41) is 3.99. The van der Waals surface area contributed by atoms with Crippen molar-refractivity contribution in [2.75, 3.05) is 11.9 Å². The summed E-state index contributed by atoms with van der Waals surface area (Å²) in [6.07, 6.45) is 1.57. The first-order valence-electron chi connectivity index (χ1n) is 7.89. The summed E-state index contributed by atoms with van der Waals surface area (Å²) in [7, 11) is 0. The summed E-state index contributed by atoms with van der Waals surface area (Å²) >= 11 is 30.0. The molecular formula is C16H18Cl5N5. The van der Waals surface area contributed by atoms with Gasteiger partial charge in [-0.15, -0.1) is 0 Å². The van der Waals surface area contributed by atoms with Crippen molar-refractivity contribution in [2.45, 2.75) is 36.0 Å². The molecule has 0 saturated heterocycles. The highest BCUT2D eigenvalue weighted by atomic mass is 35.6. The van der Waals surface area contributed by atoms with Gasteiger partial charge in [0, 0.05) is 27.7 Å². The average molecular weight is 458 g/mol. The molecule has 0 unspecified atom stereocenters. The van der Waals surface area contributed by atoms with Crippen LogP contribution in [0.2, 0.25) is 10.0 Å². The van der Waals surface area contributed by atoms with Gasteiger partial charge in [0.25, 0.3) is 0 Å². The molecular weight excluding hydrogens is 439 g/mol. The maximum atomic E-state index is 6.31. The molecule has 3 N–H and O–H groups in total. The lowest BCUT2D eigenvalue weighted by Crippen LogP contribution is -2.45. The minimum absolute atomic E-state index is 0.0123. The fourth-order valence-corrected chi connectivity index (χ4v) is 2.93. The third kappa shape index (κ3) is 5.72. The van der Waals surface area contributed by atoms with Crippen LogP contribution in [-0.4, -0.2) is 27.0 Å². The summed E-state index contributed by atoms with van der Waals surface area (Å²) < 4.78 is -1.81. The van der Waals surface area contributed by atoms with Crippen LogP contribution in [0.4, 0.5) is 5.95 Å². The average Bonchev–Trinajstić information content (AvgIpc) is 2.58. The van der Waals surface area contributed by atoms with Crippen molar-refractivity contribution >= 4 is 64.0 Å². The zero-order valence-corrected chi connectivity index (χ0v) is 17.9. The van der Waals surface area contributed by atoms with Gasteiger partial charge >= 0.3 is 0 Å². The van der Waals surface area contributed by atoms with Crippen LogP contribution in [0.5, 0.6) is 0 Å². The van der Waals surface area contributed by atoms with E-state index in [2.05, 4.69) is 20.3 Å². The van der Waals surface area contributed by atoms with Gasteiger partial charge in [-0.2, -0.15) is 9.97 Å². The number of anilines is 1. The molecule has 0 aliphatic rings. The highest BCUT2D eigenvalue weighted by molar-refractivity contribution is 6.66. The lowest BCUT2D eigenvalue weighted by Gasteiger charge is -2.27. The molecule has 0 aliphatic carbocycles. The Morgan fingerprint density at radius 3 is 2.04 bits per heavy atom. The fourth-order valence-electron chi connectivity index (χ4n) is 2.15. The number of alkyl halides is 3. The third-order valence-electron chi connectivity index (χ3n) is 4.02. The SMILES string of the molecule is CCC(N)(CC)CNc1nc(-c2cc(Cl)cc(Cl)c2)nc(C(Cl)(Cl)Cl)n1. The van der Waals surface area contributed by atoms with Crippen LogP contribution in [-0.2, 0) is 3.79 Å². The van der Waals surface area contributed by atoms with E-state index in [1.807, 2.05) is 13.8 Å². The Labute approximate surface area is 177 Å². The molecule has 1 aromatic heterocycles. The monoisotopic (exact) mass is 455 g/mol. The van der Waals surface area contributed by atoms with Crippen LogP contribution in [0.1, 0.15) is 32.5 Å². The van der Waals surface area contributed by atoms with Gasteiger partial charge in [0.2, 0.25) is 9.74 Å². The molecule has 0 atom stereocenters. The van der Waals surface area contributed by atoms with Crippen LogP contribution in [0.25, 0.3) is 11.4 Å². The first kappa shape index (κ1) is 21.7. The summed E-state index contributed by atoms with van der Waals surface area (Å²) in [5.41, 5.74) is 6.49. The standard InChI is InChI=1S/C16H18Cl5N5/c1-3-15(22,4-2)8-23-14-25-12(24-13(26-14)16(19,20)21)9-5-10(17)7-11(18)6-9/h5-7H,3-4,8,22H2,1-2H3,(H,23,24,25,26). The van der Waals surface area contributed by atoms with Gasteiger partial charge < -0.3 is 11.1 Å². The number of nitrogens with zero attached hydrogens (tertiary/aromatic N) is 3. The minimum atomic E-state index is -1.81. The number of nitrogens with two attached hydrogens (primary N) is 1. The first-order valence-corrected chi connectivity index (χ1v) is 9.78. The highest BCUT2D eigenvalue weighted by Gasteiger charge is 2.29. The quantitative estimate of drug-likeness (QED) is 0.552. The Hall–Kier alpha value is -0.560. The molecule has 0 amide bonds. The molecule has 0 saturated carbocycles. The topological polar surface area (TPSA) is 76.7 Å². The van der Waals surface area contributed by atoms with Crippen LogP contribution < -0.4 is 11.1 Å². The second kappa shape index (κ2) is 8.63. The second-order valence-corrected chi connectivity index (χ2v) is 9.04. The van der Waals surface area contributed by atoms with E-state index in [0.29, 0.717) is 22.2 Å². The molecule has 1 aromatic carbocycles. The molecule has 10 heteroatoms. The smallest absolute Gasteiger partial charge is 0.250 e. The van der Waals surface area contributed by atoms with Crippen molar-refractivity contribution in [1.29, 1.82) is 0 Å². The van der Waals surface area contributed by atoms with Crippen molar-refractivity contribution < 1.29 is 0 Å². The van der Waals surface area contributed by atoms with E-state index in [1.54, 1.807) is 18.2 Å². The van der Waals surface area contributed by atoms with E-state index in [9.17, 15) is 0 Å². The van der Waals surface area contributed by atoms with Crippen molar-refractivity contribution in [3.05, 3.63) is 34.1 Å². The number of aromatic nitrogens is 3. The van der Waals surface area contributed by atoms with Gasteiger partial charge in [-0.05, 0) is 31.0 Å². The Bertz CT molecular complexity index is 754. The van der Waals surface area contributed by atoms with E-state index in [1.165, 1.54) is 0 Å². The molecule has 0 aliphatic heterocycles. The minimum Gasteiger partial charge on any atom is -0.352 e. The predicted molar refractivity (Wildman–Crippen MR) is 111 cm³/mol. The van der Waals surface area contributed by atoms with Crippen LogP contribution in [0, 0.1) is 0 Å². The van der Waals surface area contributed by atoms with Gasteiger partial charge in [0.15, 0.2) is 11.6 Å². The Morgan fingerprint density at radius 2 is 1.54 bits per heavy atom. The van der Waals surface area contributed by atoms with Gasteiger partial charge in [-0.3, -0.25) is 0 Å². The number of nitrogens with one attached hydrogen (secondary N) is 1. The maximum Gasteiger partial charge on any atom is 0.250 e. The second-order valence-electron chi connectivity index (χ2n) is 5.89. The number of rotatable bonds is 6. The number of benzene rings is 1. The Kier molecular flexibility index (Phi) is 7.22. The zero-order valence-electron chi connectivity index (χ0n) is 14.2. The summed E-state index contributed by atoms with van der Waals surface area (Å²) in [4.78, 5) is 12.8. The summed E-state index contributed by atoms with van der Waals surface area (Å²) in [6, 6.07) is 4.94. The van der Waals surface area contributed by atoms with Crippen LogP contribution in [0.15, 0.2) is 18.2 Å². The largest absolute Gasteiger partial charge is 0.352 e. The maximum absolute atomic E-state index is 6.31. The number of hydrogen-bond donors (Lipinski definition) is 2. The molecule has 1 heterocycles. The third-order valence-corrected chi connectivity index (χ3v) is 4.96. The fraction of sp³-hybridized carbons (Fsp3) is 0.438. The van der Waals surface area contributed by atoms with Crippen molar-refractivity contribution in [1.82, 2.24) is 15.0 Å². The lowest BCUT2D eigenvalue weighted by atomic mass is 9.94. The lowest BCUT2D eigenvalue weighted by molar-refractivity contribution is 0.417. The van der Waals surface area contributed by atoms with Crippen molar-refractivity contribution in [2.24, 2.45) is 5.73 Å². The molecule has 2 aromatic rings. The Morgan fingerprint density at radius 1 is 0.962 bits per heavy atom. The molecule has 2 rings (SSSR count). The highest BCUT2D eigenvalue weighted by Crippen LogP contribution is 2.37. The molecule has 142 valence electrons. The molecule has 0 radical (unpaired) electrons. The van der Waals surface area contributed by atoms with E-state index in [4.69, 9.17) is 63.7 Å². The molecule has 26 heavy (non-hydrogen) atoms. The molecule has 0 bridgehead atoms. The summed E-state index contributed by atoms with van der Waals surface area (Å²) in [5.74, 6) is 0.523. The zero-order chi connectivity index (χ0) is 19.5. The van der Waals surface area contributed by atoms with Crippen LogP contribution in [0.3, 0.4) is 0 Å². The van der Waals surface area contributed by atoms with E-state index < -0.39 is 9.33 Å². The number of halogens is 5. The van der Waals surface area contributed by atoms with Crippen LogP contribution >= 0.6 is 58.0 Å². The predicted octanol–water partition coefficient (Wildman–Crippen LogP) is 5.60. The molecule has 0 spiro atoms. The first-order chi connectivity index (χ1) is 12.1.